The molecule has 2 aromatic rings. The Hall–Kier alpha value is -1.55. The molecule has 0 N–H and O–H groups in total. The molecule has 2 aromatic heterocycles. The van der Waals surface area contributed by atoms with Crippen LogP contribution in [-0.4, -0.2) is 14.8 Å². The topological polar surface area (TPSA) is 39.9 Å². The molecule has 5 heteroatoms. The van der Waals surface area contributed by atoms with E-state index in [1.165, 1.54) is 0 Å². The Balaban J connectivity index is 2.34. The molecule has 84 valence electrons. The Morgan fingerprint density at radius 1 is 1.31 bits per heavy atom. The van der Waals surface area contributed by atoms with Gasteiger partial charge in [0.2, 0.25) is 5.88 Å². The van der Waals surface area contributed by atoms with Crippen LogP contribution in [0.15, 0.2) is 18.2 Å². The maximum Gasteiger partial charge on any atom is 0.220 e. The van der Waals surface area contributed by atoms with Crippen LogP contribution in [0.4, 0.5) is 0 Å². The number of aryl methyl sites for hydroxylation is 2. The predicted octanol–water partition coefficient (Wildman–Crippen LogP) is 2.88. The van der Waals surface area contributed by atoms with Crippen LogP contribution in [0.1, 0.15) is 11.4 Å². The van der Waals surface area contributed by atoms with Crippen LogP contribution >= 0.6 is 11.6 Å². The highest BCUT2D eigenvalue weighted by atomic mass is 35.5. The molecule has 0 saturated carbocycles. The minimum Gasteiger partial charge on any atom is -0.435 e. The van der Waals surface area contributed by atoms with Gasteiger partial charge in [0.25, 0.3) is 0 Å². The lowest BCUT2D eigenvalue weighted by Crippen LogP contribution is -1.93. The van der Waals surface area contributed by atoms with Gasteiger partial charge in [-0.05, 0) is 19.9 Å². The third kappa shape index (κ3) is 2.02. The van der Waals surface area contributed by atoms with E-state index in [1.54, 1.807) is 22.9 Å². The van der Waals surface area contributed by atoms with Gasteiger partial charge in [0.15, 0.2) is 5.75 Å². The first kappa shape index (κ1) is 11.0. The lowest BCUT2D eigenvalue weighted by molar-refractivity contribution is 0.455. The molecule has 0 unspecified atom stereocenters. The van der Waals surface area contributed by atoms with Crippen LogP contribution < -0.4 is 4.74 Å². The van der Waals surface area contributed by atoms with Crippen molar-refractivity contribution in [1.29, 1.82) is 0 Å². The van der Waals surface area contributed by atoms with Gasteiger partial charge in [-0.2, -0.15) is 5.10 Å². The monoisotopic (exact) mass is 237 g/mol. The van der Waals surface area contributed by atoms with E-state index in [4.69, 9.17) is 16.3 Å². The number of halogens is 1. The summed E-state index contributed by atoms with van der Waals surface area (Å²) >= 11 is 5.78. The summed E-state index contributed by atoms with van der Waals surface area (Å²) in [7, 11) is 1.88. The molecule has 0 radical (unpaired) electrons. The Labute approximate surface area is 98.8 Å². The Kier molecular flexibility index (Phi) is 2.83. The summed E-state index contributed by atoms with van der Waals surface area (Å²) < 4.78 is 7.44. The Morgan fingerprint density at radius 2 is 2.06 bits per heavy atom. The predicted molar refractivity (Wildman–Crippen MR) is 62.0 cm³/mol. The van der Waals surface area contributed by atoms with E-state index in [0.29, 0.717) is 11.0 Å². The molecule has 0 spiro atoms. The molecule has 0 amide bonds. The van der Waals surface area contributed by atoms with Crippen LogP contribution in [0.5, 0.6) is 11.6 Å². The summed E-state index contributed by atoms with van der Waals surface area (Å²) in [5.74, 6) is 1.21. The Bertz CT molecular complexity index is 522. The van der Waals surface area contributed by atoms with Crippen LogP contribution in [0.25, 0.3) is 0 Å². The maximum absolute atomic E-state index is 5.78. The molecule has 0 saturated heterocycles. The van der Waals surface area contributed by atoms with Crippen LogP contribution in [0.3, 0.4) is 0 Å². The second kappa shape index (κ2) is 4.14. The zero-order valence-electron chi connectivity index (χ0n) is 9.36. The lowest BCUT2D eigenvalue weighted by atomic mass is 10.3. The standard InChI is InChI=1S/C11H12ClN3O/c1-7-11(8(2)15(3)14-7)16-10-6-4-5-9(12)13-10/h4-6H,1-3H3. The van der Waals surface area contributed by atoms with Crippen molar-refractivity contribution in [3.8, 4) is 11.6 Å². The quantitative estimate of drug-likeness (QED) is 0.754. The fourth-order valence-electron chi connectivity index (χ4n) is 1.45. The first-order chi connectivity index (χ1) is 7.58. The third-order valence-corrected chi connectivity index (χ3v) is 2.55. The molecule has 4 nitrogen and oxygen atoms in total. The van der Waals surface area contributed by atoms with Crippen LogP contribution in [-0.2, 0) is 7.05 Å². The van der Waals surface area contributed by atoms with Gasteiger partial charge in [-0.3, -0.25) is 4.68 Å². The third-order valence-electron chi connectivity index (χ3n) is 2.34. The fraction of sp³-hybridized carbons (Fsp3) is 0.273. The fourth-order valence-corrected chi connectivity index (χ4v) is 1.61. The zero-order valence-corrected chi connectivity index (χ0v) is 10.1. The number of pyridine rings is 1. The minimum absolute atomic E-state index is 0.414. The van der Waals surface area contributed by atoms with Crippen molar-refractivity contribution in [2.75, 3.05) is 0 Å². The number of hydrogen-bond acceptors (Lipinski definition) is 3. The summed E-state index contributed by atoms with van der Waals surface area (Å²) in [5, 5.41) is 4.67. The van der Waals surface area contributed by atoms with E-state index in [9.17, 15) is 0 Å². The summed E-state index contributed by atoms with van der Waals surface area (Å²) in [6.07, 6.45) is 0. The second-order valence-electron chi connectivity index (χ2n) is 3.52. The van der Waals surface area contributed by atoms with Crippen LogP contribution in [0.2, 0.25) is 5.15 Å². The lowest BCUT2D eigenvalue weighted by Gasteiger charge is -2.04. The number of nitrogens with zero attached hydrogens (tertiary/aromatic N) is 3. The van der Waals surface area contributed by atoms with E-state index < -0.39 is 0 Å². The van der Waals surface area contributed by atoms with Gasteiger partial charge >= 0.3 is 0 Å². The van der Waals surface area contributed by atoms with Gasteiger partial charge < -0.3 is 4.74 Å². The molecule has 0 fully saturated rings. The summed E-state index contributed by atoms with van der Waals surface area (Å²) in [6.45, 7) is 3.84. The van der Waals surface area contributed by atoms with Gasteiger partial charge in [-0.1, -0.05) is 17.7 Å². The Morgan fingerprint density at radius 3 is 2.62 bits per heavy atom. The van der Waals surface area contributed by atoms with E-state index in [-0.39, 0.29) is 0 Å². The highest BCUT2D eigenvalue weighted by Crippen LogP contribution is 2.27. The molecule has 16 heavy (non-hydrogen) atoms. The highest BCUT2D eigenvalue weighted by Gasteiger charge is 2.12. The largest absolute Gasteiger partial charge is 0.435 e. The molecule has 2 heterocycles. The molecule has 0 aliphatic rings. The highest BCUT2D eigenvalue weighted by molar-refractivity contribution is 6.29. The van der Waals surface area contributed by atoms with Gasteiger partial charge in [0.05, 0.1) is 5.69 Å². The number of ether oxygens (including phenoxy) is 1. The van der Waals surface area contributed by atoms with E-state index in [2.05, 4.69) is 10.1 Å². The normalized spacial score (nSPS) is 10.5. The van der Waals surface area contributed by atoms with Crippen molar-refractivity contribution < 1.29 is 4.74 Å². The molecular formula is C11H12ClN3O. The SMILES string of the molecule is Cc1nn(C)c(C)c1Oc1cccc(Cl)n1. The molecule has 0 aliphatic heterocycles. The van der Waals surface area contributed by atoms with Crippen molar-refractivity contribution in [3.05, 3.63) is 34.7 Å². The first-order valence-corrected chi connectivity index (χ1v) is 5.26. The zero-order chi connectivity index (χ0) is 11.7. The van der Waals surface area contributed by atoms with Crippen molar-refractivity contribution >= 4 is 11.6 Å². The van der Waals surface area contributed by atoms with Crippen LogP contribution in [0, 0.1) is 13.8 Å². The molecule has 0 aromatic carbocycles. The molecule has 0 aliphatic carbocycles. The van der Waals surface area contributed by atoms with E-state index in [1.807, 2.05) is 20.9 Å². The average Bonchev–Trinajstić information content (AvgIpc) is 2.45. The van der Waals surface area contributed by atoms with E-state index in [0.717, 1.165) is 17.1 Å². The number of hydrogen-bond donors (Lipinski definition) is 0. The summed E-state index contributed by atoms with van der Waals surface area (Å²) in [6, 6.07) is 5.26. The maximum atomic E-state index is 5.78. The van der Waals surface area contributed by atoms with Crippen molar-refractivity contribution in [1.82, 2.24) is 14.8 Å². The smallest absolute Gasteiger partial charge is 0.220 e. The van der Waals surface area contributed by atoms with E-state index >= 15 is 0 Å². The van der Waals surface area contributed by atoms with Crippen molar-refractivity contribution in [3.63, 3.8) is 0 Å². The summed E-state index contributed by atoms with van der Waals surface area (Å²) in [4.78, 5) is 4.07. The van der Waals surface area contributed by atoms with Crippen molar-refractivity contribution in [2.45, 2.75) is 13.8 Å². The average molecular weight is 238 g/mol. The molecule has 0 atom stereocenters. The van der Waals surface area contributed by atoms with Gasteiger partial charge in [0, 0.05) is 13.1 Å². The first-order valence-electron chi connectivity index (χ1n) is 4.88. The van der Waals surface area contributed by atoms with Gasteiger partial charge in [-0.15, -0.1) is 0 Å². The minimum atomic E-state index is 0.414. The molecular weight excluding hydrogens is 226 g/mol. The summed E-state index contributed by atoms with van der Waals surface area (Å²) in [5.41, 5.74) is 1.79. The number of aromatic nitrogens is 3. The van der Waals surface area contributed by atoms with Gasteiger partial charge in [0.1, 0.15) is 10.8 Å². The molecule has 2 rings (SSSR count). The van der Waals surface area contributed by atoms with Gasteiger partial charge in [-0.25, -0.2) is 4.98 Å². The second-order valence-corrected chi connectivity index (χ2v) is 3.91. The molecule has 0 bridgehead atoms. The number of rotatable bonds is 2. The van der Waals surface area contributed by atoms with Crippen molar-refractivity contribution in [2.24, 2.45) is 7.05 Å².